The van der Waals surface area contributed by atoms with Crippen molar-refractivity contribution in [1.29, 1.82) is 0 Å². The number of Topliss-reactive ketones (excluding diaryl/α,β-unsaturated/α-hetero) is 2. The molecule has 2 amide bonds. The summed E-state index contributed by atoms with van der Waals surface area (Å²) in [5, 5.41) is 5.80. The Balaban J connectivity index is 5.07. The van der Waals surface area contributed by atoms with Gasteiger partial charge in [-0.15, -0.1) is 0 Å². The Hall–Kier alpha value is -2.25. The summed E-state index contributed by atoms with van der Waals surface area (Å²) >= 11 is 0. The molecular formula is C39H72N2O6. The lowest BCUT2D eigenvalue weighted by Gasteiger charge is -2.21. The minimum absolute atomic E-state index is 0.0402. The number of carbonyl (C=O) groups excluding carboxylic acids is 5. The normalized spacial score (nSPS) is 13.0. The van der Waals surface area contributed by atoms with Crippen LogP contribution < -0.4 is 10.6 Å². The Labute approximate surface area is 288 Å². The van der Waals surface area contributed by atoms with Crippen LogP contribution in [0.5, 0.6) is 0 Å². The van der Waals surface area contributed by atoms with Crippen molar-refractivity contribution in [3.05, 3.63) is 0 Å². The van der Waals surface area contributed by atoms with Crippen LogP contribution in [0.3, 0.4) is 0 Å². The molecule has 0 bridgehead atoms. The molecular weight excluding hydrogens is 592 g/mol. The molecule has 0 aliphatic heterocycles. The first-order chi connectivity index (χ1) is 22.8. The summed E-state index contributed by atoms with van der Waals surface area (Å²) < 4.78 is 4.98. The van der Waals surface area contributed by atoms with Gasteiger partial charge in [-0.3, -0.25) is 19.2 Å². The number of methoxy groups -OCH3 is 1. The average molecular weight is 665 g/mol. The highest BCUT2D eigenvalue weighted by Crippen LogP contribution is 2.19. The molecule has 0 saturated carbocycles. The molecule has 3 atom stereocenters. The van der Waals surface area contributed by atoms with Crippen molar-refractivity contribution in [2.45, 2.75) is 194 Å². The highest BCUT2D eigenvalue weighted by Gasteiger charge is 2.30. The molecule has 0 aromatic rings. The van der Waals surface area contributed by atoms with Gasteiger partial charge >= 0.3 is 5.97 Å². The van der Waals surface area contributed by atoms with Gasteiger partial charge in [-0.25, -0.2) is 4.79 Å². The number of ether oxygens (including phenoxy) is 1. The van der Waals surface area contributed by atoms with Crippen LogP contribution in [-0.4, -0.2) is 49.0 Å². The van der Waals surface area contributed by atoms with Crippen LogP contribution in [0.2, 0.25) is 0 Å². The number of rotatable bonds is 33. The summed E-state index contributed by atoms with van der Waals surface area (Å²) in [6.07, 6.45) is 21.9. The van der Waals surface area contributed by atoms with Gasteiger partial charge in [0.15, 0.2) is 0 Å². The SMILES string of the molecule is CCCCCCCC(=O)C(CCCCCC)C(=O)NCCCC[C@H](NC(=O)C(CCCCCC)C(=O)CCCCCCC)C(=O)OC. The van der Waals surface area contributed by atoms with Crippen molar-refractivity contribution in [3.8, 4) is 0 Å². The molecule has 2 N–H and O–H groups in total. The second-order valence-corrected chi connectivity index (χ2v) is 13.4. The molecule has 274 valence electrons. The van der Waals surface area contributed by atoms with Crippen molar-refractivity contribution >= 4 is 29.4 Å². The minimum Gasteiger partial charge on any atom is -0.467 e. The summed E-state index contributed by atoms with van der Waals surface area (Å²) in [5.41, 5.74) is 0. The smallest absolute Gasteiger partial charge is 0.328 e. The van der Waals surface area contributed by atoms with Crippen molar-refractivity contribution in [3.63, 3.8) is 0 Å². The summed E-state index contributed by atoms with van der Waals surface area (Å²) in [6.45, 7) is 8.99. The van der Waals surface area contributed by atoms with Gasteiger partial charge in [0, 0.05) is 19.4 Å². The quantitative estimate of drug-likeness (QED) is 0.0411. The van der Waals surface area contributed by atoms with Gasteiger partial charge in [0.25, 0.3) is 0 Å². The van der Waals surface area contributed by atoms with Crippen molar-refractivity contribution in [2.24, 2.45) is 11.8 Å². The number of carbonyl (C=O) groups is 5. The maximum atomic E-state index is 13.4. The molecule has 0 heterocycles. The molecule has 0 spiro atoms. The number of hydrogen-bond donors (Lipinski definition) is 2. The second kappa shape index (κ2) is 31.0. The van der Waals surface area contributed by atoms with E-state index in [1.54, 1.807) is 0 Å². The molecule has 0 saturated heterocycles. The van der Waals surface area contributed by atoms with E-state index in [4.69, 9.17) is 4.74 Å². The largest absolute Gasteiger partial charge is 0.467 e. The first kappa shape index (κ1) is 44.8. The zero-order valence-electron chi connectivity index (χ0n) is 31.1. The molecule has 2 unspecified atom stereocenters. The molecule has 8 heteroatoms. The zero-order chi connectivity index (χ0) is 35.1. The predicted octanol–water partition coefficient (Wildman–Crippen LogP) is 8.96. The first-order valence-electron chi connectivity index (χ1n) is 19.5. The van der Waals surface area contributed by atoms with Crippen LogP contribution in [0, 0.1) is 11.8 Å². The Kier molecular flexibility index (Phi) is 29.6. The van der Waals surface area contributed by atoms with Gasteiger partial charge in [-0.05, 0) is 44.9 Å². The summed E-state index contributed by atoms with van der Waals surface area (Å²) in [4.78, 5) is 65.2. The van der Waals surface area contributed by atoms with Crippen LogP contribution in [0.4, 0.5) is 0 Å². The summed E-state index contributed by atoms with van der Waals surface area (Å²) in [6, 6.07) is -0.848. The van der Waals surface area contributed by atoms with Crippen LogP contribution in [0.1, 0.15) is 188 Å². The number of unbranched alkanes of at least 4 members (excludes halogenated alkanes) is 15. The fraction of sp³-hybridized carbons (Fsp3) is 0.872. The van der Waals surface area contributed by atoms with Crippen LogP contribution in [-0.2, 0) is 28.7 Å². The van der Waals surface area contributed by atoms with Crippen LogP contribution in [0.15, 0.2) is 0 Å². The van der Waals surface area contributed by atoms with E-state index in [-0.39, 0.29) is 23.4 Å². The Morgan fingerprint density at radius 2 is 0.894 bits per heavy atom. The lowest BCUT2D eigenvalue weighted by molar-refractivity contribution is -0.147. The summed E-state index contributed by atoms with van der Waals surface area (Å²) in [5.74, 6) is -2.46. The lowest BCUT2D eigenvalue weighted by atomic mass is 9.91. The Bertz CT molecular complexity index is 845. The number of nitrogens with one attached hydrogen (secondary N) is 2. The molecule has 47 heavy (non-hydrogen) atoms. The van der Waals surface area contributed by atoms with Crippen LogP contribution in [0.25, 0.3) is 0 Å². The van der Waals surface area contributed by atoms with Gasteiger partial charge in [0.1, 0.15) is 17.6 Å². The standard InChI is InChI=1S/C39H72N2O6/c1-6-10-14-18-22-29-35(42)32(26-20-16-12-8-3)37(44)40-31-25-24-28-34(39(46)47-5)41-38(45)33(27-21-17-13-9-4)36(43)30-23-19-15-11-7-2/h32-34H,6-31H2,1-5H3,(H,40,44)(H,41,45)/t32?,33?,34-/m0/s1. The highest BCUT2D eigenvalue weighted by molar-refractivity contribution is 6.02. The van der Waals surface area contributed by atoms with E-state index < -0.39 is 23.8 Å². The third kappa shape index (κ3) is 22.9. The number of amides is 2. The number of esters is 1. The van der Waals surface area contributed by atoms with E-state index in [2.05, 4.69) is 38.3 Å². The van der Waals surface area contributed by atoms with E-state index in [1.165, 1.54) is 13.5 Å². The predicted molar refractivity (Wildman–Crippen MR) is 192 cm³/mol. The Morgan fingerprint density at radius 3 is 1.34 bits per heavy atom. The van der Waals surface area contributed by atoms with Crippen molar-refractivity contribution in [1.82, 2.24) is 10.6 Å². The van der Waals surface area contributed by atoms with E-state index in [1.807, 2.05) is 0 Å². The molecule has 8 nitrogen and oxygen atoms in total. The molecule has 0 fully saturated rings. The van der Waals surface area contributed by atoms with E-state index in [0.717, 1.165) is 109 Å². The van der Waals surface area contributed by atoms with Crippen molar-refractivity contribution in [2.75, 3.05) is 13.7 Å². The van der Waals surface area contributed by atoms with Gasteiger partial charge in [-0.1, -0.05) is 130 Å². The fourth-order valence-electron chi connectivity index (χ4n) is 6.05. The van der Waals surface area contributed by atoms with E-state index in [9.17, 15) is 24.0 Å². The zero-order valence-corrected chi connectivity index (χ0v) is 31.1. The lowest BCUT2D eigenvalue weighted by Crippen LogP contribution is -2.46. The topological polar surface area (TPSA) is 119 Å². The van der Waals surface area contributed by atoms with E-state index >= 15 is 0 Å². The van der Waals surface area contributed by atoms with Crippen molar-refractivity contribution < 1.29 is 28.7 Å². The second-order valence-electron chi connectivity index (χ2n) is 13.4. The van der Waals surface area contributed by atoms with Crippen LogP contribution >= 0.6 is 0 Å². The number of hydrogen-bond acceptors (Lipinski definition) is 6. The van der Waals surface area contributed by atoms with Gasteiger partial charge in [-0.2, -0.15) is 0 Å². The minimum atomic E-state index is -0.848. The first-order valence-corrected chi connectivity index (χ1v) is 19.5. The summed E-state index contributed by atoms with van der Waals surface area (Å²) in [7, 11) is 1.30. The Morgan fingerprint density at radius 1 is 0.489 bits per heavy atom. The number of ketones is 2. The molecule has 0 rings (SSSR count). The molecule has 0 aromatic heterocycles. The van der Waals surface area contributed by atoms with Gasteiger partial charge in [0.05, 0.1) is 18.9 Å². The monoisotopic (exact) mass is 665 g/mol. The van der Waals surface area contributed by atoms with Gasteiger partial charge < -0.3 is 15.4 Å². The molecule has 0 aliphatic carbocycles. The van der Waals surface area contributed by atoms with Gasteiger partial charge in [0.2, 0.25) is 11.8 Å². The third-order valence-electron chi connectivity index (χ3n) is 9.18. The third-order valence-corrected chi connectivity index (χ3v) is 9.18. The molecule has 0 aromatic carbocycles. The average Bonchev–Trinajstić information content (AvgIpc) is 3.06. The maximum Gasteiger partial charge on any atom is 0.328 e. The highest BCUT2D eigenvalue weighted by atomic mass is 16.5. The molecule has 0 aliphatic rings. The maximum absolute atomic E-state index is 13.4. The molecule has 0 radical (unpaired) electrons. The van der Waals surface area contributed by atoms with E-state index in [0.29, 0.717) is 51.5 Å². The fourth-order valence-corrected chi connectivity index (χ4v) is 6.05.